The molecular formula is C32H32N2O5. The second kappa shape index (κ2) is 12.4. The molecule has 1 aliphatic heterocycles. The van der Waals surface area contributed by atoms with Gasteiger partial charge in [-0.25, -0.2) is 9.80 Å². The Morgan fingerprint density at radius 3 is 2.28 bits per heavy atom. The van der Waals surface area contributed by atoms with Gasteiger partial charge in [-0.3, -0.25) is 4.79 Å². The fourth-order valence-electron chi connectivity index (χ4n) is 5.17. The van der Waals surface area contributed by atoms with Crippen LogP contribution in [-0.4, -0.2) is 42.4 Å². The lowest BCUT2D eigenvalue weighted by molar-refractivity contribution is -0.154. The van der Waals surface area contributed by atoms with E-state index in [2.05, 4.69) is 18.2 Å². The number of hydrogen-bond acceptors (Lipinski definition) is 6. The fraction of sp³-hybridized carbons (Fsp3) is 0.281. The summed E-state index contributed by atoms with van der Waals surface area (Å²) in [5.74, 6) is 0.0610. The number of benzene rings is 3. The number of nitrogens with zero attached hydrogens (tertiary/aromatic N) is 2. The van der Waals surface area contributed by atoms with Gasteiger partial charge < -0.3 is 14.2 Å². The zero-order valence-electron chi connectivity index (χ0n) is 22.0. The van der Waals surface area contributed by atoms with Crippen molar-refractivity contribution in [3.63, 3.8) is 0 Å². The van der Waals surface area contributed by atoms with Crippen LogP contribution in [0.1, 0.15) is 43.4 Å². The van der Waals surface area contributed by atoms with Gasteiger partial charge in [-0.2, -0.15) is 5.10 Å². The Hall–Kier alpha value is -4.39. The molecule has 0 spiro atoms. The number of ether oxygens (including phenoxy) is 3. The zero-order chi connectivity index (χ0) is 27.0. The van der Waals surface area contributed by atoms with Gasteiger partial charge in [-0.1, -0.05) is 72.8 Å². The van der Waals surface area contributed by atoms with Crippen LogP contribution in [0.3, 0.4) is 0 Å². The van der Waals surface area contributed by atoms with Crippen LogP contribution in [0.4, 0.5) is 0 Å². The van der Waals surface area contributed by atoms with Crippen LogP contribution in [0.5, 0.6) is 11.5 Å². The van der Waals surface area contributed by atoms with Crippen LogP contribution in [0.15, 0.2) is 95.6 Å². The maximum Gasteiger partial charge on any atom is 0.344 e. The number of fused-ring (bicyclic) bond motifs is 1. The Morgan fingerprint density at radius 2 is 1.56 bits per heavy atom. The molecule has 0 saturated heterocycles. The summed E-state index contributed by atoms with van der Waals surface area (Å²) < 4.78 is 16.4. The van der Waals surface area contributed by atoms with E-state index in [4.69, 9.17) is 19.3 Å². The minimum atomic E-state index is -0.639. The van der Waals surface area contributed by atoms with Gasteiger partial charge in [-0.15, -0.1) is 0 Å². The maximum atomic E-state index is 13.4. The zero-order valence-corrected chi connectivity index (χ0v) is 22.0. The van der Waals surface area contributed by atoms with Gasteiger partial charge in [0.25, 0.3) is 5.91 Å². The topological polar surface area (TPSA) is 77.4 Å². The highest BCUT2D eigenvalue weighted by Gasteiger charge is 2.43. The van der Waals surface area contributed by atoms with Gasteiger partial charge in [0.15, 0.2) is 24.7 Å². The summed E-state index contributed by atoms with van der Waals surface area (Å²) in [6.07, 6.45) is 5.02. The maximum absolute atomic E-state index is 13.4. The summed E-state index contributed by atoms with van der Waals surface area (Å²) in [6, 6.07) is 27.0. The number of carbonyl (C=O) groups excluding carboxylic acids is 2. The molecule has 2 aliphatic rings. The molecule has 2 atom stereocenters. The highest BCUT2D eigenvalue weighted by Crippen LogP contribution is 2.44. The number of hydrogen-bond donors (Lipinski definition) is 0. The van der Waals surface area contributed by atoms with Gasteiger partial charge in [0.05, 0.1) is 18.4 Å². The number of esters is 1. The summed E-state index contributed by atoms with van der Waals surface area (Å²) >= 11 is 0. The lowest BCUT2D eigenvalue weighted by Crippen LogP contribution is -2.35. The van der Waals surface area contributed by atoms with E-state index < -0.39 is 12.6 Å². The fourth-order valence-corrected chi connectivity index (χ4v) is 5.17. The van der Waals surface area contributed by atoms with Gasteiger partial charge in [0.2, 0.25) is 0 Å². The third kappa shape index (κ3) is 6.20. The molecule has 7 heteroatoms. The van der Waals surface area contributed by atoms with E-state index in [1.54, 1.807) is 18.2 Å². The normalized spacial score (nSPS) is 19.3. The van der Waals surface area contributed by atoms with Crippen molar-refractivity contribution in [2.45, 2.75) is 32.2 Å². The Morgan fingerprint density at radius 1 is 0.897 bits per heavy atom. The molecule has 0 radical (unpaired) electrons. The quantitative estimate of drug-likeness (QED) is 0.329. The second-order valence-corrected chi connectivity index (χ2v) is 9.49. The van der Waals surface area contributed by atoms with Crippen LogP contribution in [0.2, 0.25) is 0 Å². The van der Waals surface area contributed by atoms with Crippen molar-refractivity contribution >= 4 is 23.7 Å². The first-order chi connectivity index (χ1) is 19.1. The summed E-state index contributed by atoms with van der Waals surface area (Å²) in [4.78, 5) is 25.9. The van der Waals surface area contributed by atoms with E-state index in [0.717, 1.165) is 41.7 Å². The Labute approximate surface area is 228 Å². The summed E-state index contributed by atoms with van der Waals surface area (Å²) in [5.41, 5.74) is 4.20. The van der Waals surface area contributed by atoms with Crippen molar-refractivity contribution in [3.8, 4) is 11.5 Å². The van der Waals surface area contributed by atoms with E-state index in [-0.39, 0.29) is 24.5 Å². The molecule has 39 heavy (non-hydrogen) atoms. The highest BCUT2D eigenvalue weighted by atomic mass is 16.6. The molecule has 1 heterocycles. The predicted molar refractivity (Wildman–Crippen MR) is 149 cm³/mol. The van der Waals surface area contributed by atoms with Crippen molar-refractivity contribution in [1.29, 1.82) is 0 Å². The molecular weight excluding hydrogens is 492 g/mol. The summed E-state index contributed by atoms with van der Waals surface area (Å²) in [5, 5.41) is 6.35. The highest BCUT2D eigenvalue weighted by molar-refractivity contribution is 6.08. The number of rotatable bonds is 9. The standard InChI is InChI=1S/C32H32N2O5/c1-2-37-27-18-9-10-19-28(27)38-22-30(36)39-21-29(35)34-32(24-14-7-4-8-15-24)26-17-11-16-25(31(26)33-34)20-23-12-5-3-6-13-23/h3-10,12-15,18-20,26,32H,2,11,16-17,21-22H2,1H3/b25-20-/t26-,32-/m1/s1. The summed E-state index contributed by atoms with van der Waals surface area (Å²) in [7, 11) is 0. The smallest absolute Gasteiger partial charge is 0.344 e. The van der Waals surface area contributed by atoms with Crippen molar-refractivity contribution in [3.05, 3.63) is 102 Å². The van der Waals surface area contributed by atoms with Crippen LogP contribution in [-0.2, 0) is 14.3 Å². The Kier molecular flexibility index (Phi) is 8.36. The molecule has 3 aromatic rings. The largest absolute Gasteiger partial charge is 0.490 e. The predicted octanol–water partition coefficient (Wildman–Crippen LogP) is 5.83. The molecule has 7 nitrogen and oxygen atoms in total. The van der Waals surface area contributed by atoms with Crippen molar-refractivity contribution in [1.82, 2.24) is 5.01 Å². The Balaban J connectivity index is 1.30. The SMILES string of the molecule is CCOc1ccccc1OCC(=O)OCC(=O)N1N=C2/C(=C\c3ccccc3)CCC[C@H]2[C@H]1c1ccccc1. The first kappa shape index (κ1) is 26.2. The third-order valence-electron chi connectivity index (χ3n) is 6.89. The number of amides is 1. The molecule has 1 aliphatic carbocycles. The van der Waals surface area contributed by atoms with Crippen molar-refractivity contribution in [2.75, 3.05) is 19.8 Å². The number of hydrazone groups is 1. The van der Waals surface area contributed by atoms with Crippen LogP contribution < -0.4 is 9.47 Å². The average Bonchev–Trinajstić information content (AvgIpc) is 3.37. The minimum absolute atomic E-state index is 0.0779. The van der Waals surface area contributed by atoms with Crippen LogP contribution in [0, 0.1) is 5.92 Å². The number of para-hydroxylation sites is 2. The first-order valence-electron chi connectivity index (χ1n) is 13.4. The molecule has 200 valence electrons. The first-order valence-corrected chi connectivity index (χ1v) is 13.4. The summed E-state index contributed by atoms with van der Waals surface area (Å²) in [6.45, 7) is 1.60. The van der Waals surface area contributed by atoms with Gasteiger partial charge in [0.1, 0.15) is 0 Å². The molecule has 3 aromatic carbocycles. The molecule has 0 unspecified atom stereocenters. The number of carbonyl (C=O) groups is 2. The molecule has 0 bridgehead atoms. The Bertz CT molecular complexity index is 1350. The monoisotopic (exact) mass is 524 g/mol. The van der Waals surface area contributed by atoms with Crippen molar-refractivity contribution in [2.24, 2.45) is 11.0 Å². The van der Waals surface area contributed by atoms with Crippen molar-refractivity contribution < 1.29 is 23.8 Å². The number of allylic oxidation sites excluding steroid dienone is 1. The van der Waals surface area contributed by atoms with Gasteiger partial charge in [0, 0.05) is 5.92 Å². The molecule has 1 saturated carbocycles. The third-order valence-corrected chi connectivity index (χ3v) is 6.89. The van der Waals surface area contributed by atoms with Crippen LogP contribution in [0.25, 0.3) is 6.08 Å². The van der Waals surface area contributed by atoms with Gasteiger partial charge in [-0.05, 0) is 61.1 Å². The van der Waals surface area contributed by atoms with E-state index in [1.807, 2.05) is 61.5 Å². The van der Waals surface area contributed by atoms with E-state index in [9.17, 15) is 9.59 Å². The average molecular weight is 525 g/mol. The lowest BCUT2D eigenvalue weighted by Gasteiger charge is -2.29. The molecule has 1 fully saturated rings. The molecule has 5 rings (SSSR count). The molecule has 0 N–H and O–H groups in total. The molecule has 1 amide bonds. The van der Waals surface area contributed by atoms with E-state index in [1.165, 1.54) is 5.01 Å². The van der Waals surface area contributed by atoms with E-state index in [0.29, 0.717) is 18.1 Å². The van der Waals surface area contributed by atoms with Gasteiger partial charge >= 0.3 is 5.97 Å². The minimum Gasteiger partial charge on any atom is -0.490 e. The molecule has 0 aromatic heterocycles. The van der Waals surface area contributed by atoms with E-state index >= 15 is 0 Å². The van der Waals surface area contributed by atoms with Crippen LogP contribution >= 0.6 is 0 Å². The lowest BCUT2D eigenvalue weighted by atomic mass is 9.77. The second-order valence-electron chi connectivity index (χ2n) is 9.49.